The van der Waals surface area contributed by atoms with Crippen LogP contribution in [-0.2, 0) is 4.74 Å². The van der Waals surface area contributed by atoms with E-state index in [2.05, 4.69) is 15.6 Å². The molecule has 7 nitrogen and oxygen atoms in total. The van der Waals surface area contributed by atoms with Crippen LogP contribution >= 0.6 is 0 Å². The summed E-state index contributed by atoms with van der Waals surface area (Å²) < 4.78 is 5.36. The summed E-state index contributed by atoms with van der Waals surface area (Å²) in [6.45, 7) is 6.14. The Kier molecular flexibility index (Phi) is 4.73. The Morgan fingerprint density at radius 3 is 2.90 bits per heavy atom. The molecule has 2 heterocycles. The summed E-state index contributed by atoms with van der Waals surface area (Å²) in [5.41, 5.74) is 0.0355. The van der Waals surface area contributed by atoms with E-state index in [0.29, 0.717) is 24.1 Å². The van der Waals surface area contributed by atoms with E-state index in [1.807, 2.05) is 13.8 Å². The number of pyridine rings is 1. The van der Waals surface area contributed by atoms with Crippen LogP contribution in [0.1, 0.15) is 20.3 Å². The van der Waals surface area contributed by atoms with Gasteiger partial charge in [0, 0.05) is 25.1 Å². The molecule has 1 aliphatic heterocycles. The summed E-state index contributed by atoms with van der Waals surface area (Å²) in [5, 5.41) is 17.2. The molecular weight excluding hydrogens is 260 g/mol. The van der Waals surface area contributed by atoms with Gasteiger partial charge in [0.2, 0.25) is 0 Å². The van der Waals surface area contributed by atoms with E-state index in [1.54, 1.807) is 0 Å². The predicted octanol–water partition coefficient (Wildman–Crippen LogP) is 2.26. The highest BCUT2D eigenvalue weighted by Gasteiger charge is 2.23. The fourth-order valence-electron chi connectivity index (χ4n) is 2.27. The summed E-state index contributed by atoms with van der Waals surface area (Å²) in [6.07, 6.45) is 1.00. The van der Waals surface area contributed by atoms with Crippen LogP contribution in [0.15, 0.2) is 12.1 Å². The van der Waals surface area contributed by atoms with Crippen molar-refractivity contribution in [3.63, 3.8) is 0 Å². The van der Waals surface area contributed by atoms with Crippen molar-refractivity contribution in [2.24, 2.45) is 5.92 Å². The third kappa shape index (κ3) is 3.57. The molecule has 0 radical (unpaired) electrons. The molecule has 2 rings (SSSR count). The number of nitrogens with one attached hydrogen (secondary N) is 2. The lowest BCUT2D eigenvalue weighted by Gasteiger charge is -2.20. The van der Waals surface area contributed by atoms with Gasteiger partial charge in [0.1, 0.15) is 11.6 Å². The number of rotatable bonds is 6. The number of anilines is 2. The largest absolute Gasteiger partial charge is 0.381 e. The molecule has 0 spiro atoms. The Morgan fingerprint density at radius 2 is 2.30 bits per heavy atom. The second-order valence-corrected chi connectivity index (χ2v) is 4.94. The van der Waals surface area contributed by atoms with Crippen LogP contribution in [0.2, 0.25) is 0 Å². The highest BCUT2D eigenvalue weighted by molar-refractivity contribution is 5.55. The van der Waals surface area contributed by atoms with E-state index in [0.717, 1.165) is 19.6 Å². The maximum atomic E-state index is 11.0. The van der Waals surface area contributed by atoms with Crippen LogP contribution in [0.3, 0.4) is 0 Å². The number of nitrogens with zero attached hydrogens (tertiary/aromatic N) is 2. The van der Waals surface area contributed by atoms with Crippen molar-refractivity contribution in [2.75, 3.05) is 30.4 Å². The molecule has 2 unspecified atom stereocenters. The van der Waals surface area contributed by atoms with Gasteiger partial charge in [-0.3, -0.25) is 10.1 Å². The molecule has 1 saturated heterocycles. The third-order valence-electron chi connectivity index (χ3n) is 3.43. The quantitative estimate of drug-likeness (QED) is 0.613. The van der Waals surface area contributed by atoms with Crippen molar-refractivity contribution in [3.05, 3.63) is 22.2 Å². The molecule has 0 bridgehead atoms. The minimum atomic E-state index is -0.406. The molecule has 2 atom stereocenters. The average molecular weight is 280 g/mol. The monoisotopic (exact) mass is 280 g/mol. The van der Waals surface area contributed by atoms with Gasteiger partial charge in [-0.1, -0.05) is 0 Å². The average Bonchev–Trinajstić information content (AvgIpc) is 2.92. The summed E-state index contributed by atoms with van der Waals surface area (Å²) in [4.78, 5) is 14.9. The molecule has 0 aromatic carbocycles. The van der Waals surface area contributed by atoms with Crippen LogP contribution in [0.4, 0.5) is 17.3 Å². The Hall–Kier alpha value is -1.89. The Morgan fingerprint density at radius 1 is 1.55 bits per heavy atom. The molecule has 110 valence electrons. The van der Waals surface area contributed by atoms with Crippen LogP contribution in [0.5, 0.6) is 0 Å². The lowest BCUT2D eigenvalue weighted by molar-refractivity contribution is -0.384. The van der Waals surface area contributed by atoms with Crippen molar-refractivity contribution >= 4 is 17.3 Å². The van der Waals surface area contributed by atoms with Crippen molar-refractivity contribution in [1.82, 2.24) is 4.98 Å². The van der Waals surface area contributed by atoms with Gasteiger partial charge in [-0.15, -0.1) is 0 Å². The molecule has 0 amide bonds. The van der Waals surface area contributed by atoms with Crippen LogP contribution in [-0.4, -0.2) is 35.7 Å². The van der Waals surface area contributed by atoms with Crippen molar-refractivity contribution in [1.29, 1.82) is 0 Å². The van der Waals surface area contributed by atoms with E-state index in [-0.39, 0.29) is 11.7 Å². The second-order valence-electron chi connectivity index (χ2n) is 4.94. The lowest BCUT2D eigenvalue weighted by atomic mass is 10.0. The third-order valence-corrected chi connectivity index (χ3v) is 3.43. The highest BCUT2D eigenvalue weighted by atomic mass is 16.6. The van der Waals surface area contributed by atoms with Gasteiger partial charge >= 0.3 is 0 Å². The number of hydrogen-bond donors (Lipinski definition) is 2. The first-order chi connectivity index (χ1) is 9.60. The number of hydrogen-bond acceptors (Lipinski definition) is 6. The topological polar surface area (TPSA) is 89.3 Å². The molecule has 1 aliphatic rings. The fraction of sp³-hybridized carbons (Fsp3) is 0.615. The van der Waals surface area contributed by atoms with Gasteiger partial charge in [0.25, 0.3) is 5.69 Å². The molecule has 1 aromatic heterocycles. The molecule has 1 fully saturated rings. The van der Waals surface area contributed by atoms with Crippen LogP contribution in [0.25, 0.3) is 0 Å². The van der Waals surface area contributed by atoms with Crippen molar-refractivity contribution in [3.8, 4) is 0 Å². The summed E-state index contributed by atoms with van der Waals surface area (Å²) in [6, 6.07) is 3.08. The van der Waals surface area contributed by atoms with Crippen molar-refractivity contribution in [2.45, 2.75) is 26.3 Å². The zero-order chi connectivity index (χ0) is 14.5. The molecule has 1 aromatic rings. The Bertz CT molecular complexity index is 475. The van der Waals surface area contributed by atoms with E-state index in [1.165, 1.54) is 12.1 Å². The van der Waals surface area contributed by atoms with Gasteiger partial charge in [0.05, 0.1) is 23.7 Å². The minimum Gasteiger partial charge on any atom is -0.381 e. The predicted molar refractivity (Wildman–Crippen MR) is 77.1 cm³/mol. The SMILES string of the molecule is CCNc1cc([N+](=O)[O-])cc(NC(C)C2CCOC2)n1. The second kappa shape index (κ2) is 6.51. The first-order valence-corrected chi connectivity index (χ1v) is 6.84. The molecule has 7 heteroatoms. The number of ether oxygens (including phenoxy) is 1. The van der Waals surface area contributed by atoms with Gasteiger partial charge in [0.15, 0.2) is 0 Å². The summed E-state index contributed by atoms with van der Waals surface area (Å²) >= 11 is 0. The van der Waals surface area contributed by atoms with E-state index >= 15 is 0 Å². The van der Waals surface area contributed by atoms with E-state index in [4.69, 9.17) is 4.74 Å². The summed E-state index contributed by atoms with van der Waals surface area (Å²) in [5.74, 6) is 1.45. The van der Waals surface area contributed by atoms with Gasteiger partial charge in [-0.25, -0.2) is 4.98 Å². The van der Waals surface area contributed by atoms with Gasteiger partial charge in [-0.2, -0.15) is 0 Å². The van der Waals surface area contributed by atoms with E-state index < -0.39 is 4.92 Å². The summed E-state index contributed by atoms with van der Waals surface area (Å²) in [7, 11) is 0. The smallest absolute Gasteiger partial charge is 0.276 e. The minimum absolute atomic E-state index is 0.0355. The van der Waals surface area contributed by atoms with Crippen LogP contribution < -0.4 is 10.6 Å². The number of aromatic nitrogens is 1. The Labute approximate surface area is 117 Å². The first kappa shape index (κ1) is 14.5. The number of nitro groups is 1. The zero-order valence-corrected chi connectivity index (χ0v) is 11.8. The van der Waals surface area contributed by atoms with Crippen LogP contribution in [0, 0.1) is 16.0 Å². The van der Waals surface area contributed by atoms with Gasteiger partial charge < -0.3 is 15.4 Å². The fourth-order valence-corrected chi connectivity index (χ4v) is 2.27. The van der Waals surface area contributed by atoms with E-state index in [9.17, 15) is 10.1 Å². The molecule has 0 saturated carbocycles. The molecule has 2 N–H and O–H groups in total. The first-order valence-electron chi connectivity index (χ1n) is 6.84. The standard InChI is InChI=1S/C13H20N4O3/c1-3-14-12-6-11(17(18)19)7-13(16-12)15-9(2)10-4-5-20-8-10/h6-7,9-10H,3-5,8H2,1-2H3,(H2,14,15,16). The van der Waals surface area contributed by atoms with Gasteiger partial charge in [-0.05, 0) is 20.3 Å². The lowest BCUT2D eigenvalue weighted by Crippen LogP contribution is -2.26. The normalized spacial score (nSPS) is 19.6. The molecular formula is C13H20N4O3. The Balaban J connectivity index is 2.14. The zero-order valence-electron chi connectivity index (χ0n) is 11.8. The maximum Gasteiger partial charge on any atom is 0.276 e. The highest BCUT2D eigenvalue weighted by Crippen LogP contribution is 2.24. The maximum absolute atomic E-state index is 11.0. The van der Waals surface area contributed by atoms with Crippen molar-refractivity contribution < 1.29 is 9.66 Å². The molecule has 0 aliphatic carbocycles. The molecule has 20 heavy (non-hydrogen) atoms.